The van der Waals surface area contributed by atoms with Gasteiger partial charge in [-0.25, -0.2) is 0 Å². The van der Waals surface area contributed by atoms with Crippen molar-refractivity contribution in [3.05, 3.63) is 78.2 Å². The number of aryl methyl sites for hydroxylation is 1. The van der Waals surface area contributed by atoms with Crippen molar-refractivity contribution < 1.29 is 9.15 Å². The van der Waals surface area contributed by atoms with E-state index in [2.05, 4.69) is 22.3 Å². The van der Waals surface area contributed by atoms with Gasteiger partial charge in [-0.05, 0) is 30.5 Å². The molecule has 4 rings (SSSR count). The Labute approximate surface area is 139 Å². The second-order valence-corrected chi connectivity index (χ2v) is 5.64. The molecule has 1 heterocycles. The third-order valence-corrected chi connectivity index (χ3v) is 3.83. The summed E-state index contributed by atoms with van der Waals surface area (Å²) in [4.78, 5) is 0. The first-order valence-corrected chi connectivity index (χ1v) is 7.79. The molecule has 1 aromatic heterocycles. The molecule has 0 aliphatic carbocycles. The molecule has 0 aliphatic heterocycles. The van der Waals surface area contributed by atoms with Gasteiger partial charge in [0.25, 0.3) is 5.89 Å². The number of hydrogen-bond acceptors (Lipinski definition) is 4. The molecule has 0 unspecified atom stereocenters. The Morgan fingerprint density at radius 1 is 0.917 bits per heavy atom. The third kappa shape index (κ3) is 2.86. The second kappa shape index (κ2) is 6.16. The second-order valence-electron chi connectivity index (χ2n) is 5.64. The molecule has 0 saturated heterocycles. The smallest absolute Gasteiger partial charge is 0.254 e. The van der Waals surface area contributed by atoms with Crippen LogP contribution < -0.4 is 4.74 Å². The van der Waals surface area contributed by atoms with Gasteiger partial charge in [0, 0.05) is 10.9 Å². The van der Waals surface area contributed by atoms with Gasteiger partial charge in [-0.2, -0.15) is 0 Å². The highest BCUT2D eigenvalue weighted by molar-refractivity contribution is 5.88. The molecule has 0 bridgehead atoms. The molecule has 0 radical (unpaired) electrons. The van der Waals surface area contributed by atoms with Crippen molar-refractivity contribution in [2.75, 3.05) is 0 Å². The molecule has 0 atom stereocenters. The lowest BCUT2D eigenvalue weighted by atomic mass is 10.1. The number of nitrogens with zero attached hydrogens (tertiary/aromatic N) is 2. The van der Waals surface area contributed by atoms with E-state index in [4.69, 9.17) is 9.15 Å². The Hall–Kier alpha value is -3.14. The van der Waals surface area contributed by atoms with E-state index in [-0.39, 0.29) is 6.61 Å². The van der Waals surface area contributed by atoms with E-state index in [9.17, 15) is 0 Å². The maximum absolute atomic E-state index is 5.88. The monoisotopic (exact) mass is 316 g/mol. The number of aromatic nitrogens is 2. The van der Waals surface area contributed by atoms with Gasteiger partial charge >= 0.3 is 0 Å². The lowest BCUT2D eigenvalue weighted by molar-refractivity contribution is 0.267. The van der Waals surface area contributed by atoms with Gasteiger partial charge in [0.15, 0.2) is 6.61 Å². The minimum Gasteiger partial charge on any atom is -0.483 e. The maximum atomic E-state index is 5.88. The van der Waals surface area contributed by atoms with E-state index in [1.54, 1.807) is 0 Å². The average molecular weight is 316 g/mol. The van der Waals surface area contributed by atoms with Crippen LogP contribution >= 0.6 is 0 Å². The van der Waals surface area contributed by atoms with Crippen LogP contribution in [-0.2, 0) is 6.61 Å². The number of hydrogen-bond donors (Lipinski definition) is 0. The normalized spacial score (nSPS) is 10.9. The van der Waals surface area contributed by atoms with Crippen LogP contribution in [0, 0.1) is 6.92 Å². The van der Waals surface area contributed by atoms with Crippen molar-refractivity contribution in [2.45, 2.75) is 13.5 Å². The fourth-order valence-electron chi connectivity index (χ4n) is 2.67. The van der Waals surface area contributed by atoms with Crippen LogP contribution in [0.1, 0.15) is 11.5 Å². The molecule has 0 aliphatic rings. The van der Waals surface area contributed by atoms with Gasteiger partial charge in [-0.3, -0.25) is 0 Å². The zero-order valence-corrected chi connectivity index (χ0v) is 13.3. The Balaban J connectivity index is 1.54. The lowest BCUT2D eigenvalue weighted by Gasteiger charge is -2.07. The van der Waals surface area contributed by atoms with Crippen LogP contribution in [0.3, 0.4) is 0 Å². The standard InChI is InChI=1S/C20H16N2O2/c1-14-6-4-9-16(12-14)20-22-21-19(24-20)13-23-18-11-5-8-15-7-2-3-10-17(15)18/h2-12H,13H2,1H3. The van der Waals surface area contributed by atoms with Crippen LogP contribution in [0.5, 0.6) is 5.75 Å². The Morgan fingerprint density at radius 3 is 2.67 bits per heavy atom. The summed E-state index contributed by atoms with van der Waals surface area (Å²) in [7, 11) is 0. The maximum Gasteiger partial charge on any atom is 0.254 e. The van der Waals surface area contributed by atoms with Crippen molar-refractivity contribution in [3.8, 4) is 17.2 Å². The van der Waals surface area contributed by atoms with Crippen molar-refractivity contribution in [1.29, 1.82) is 0 Å². The summed E-state index contributed by atoms with van der Waals surface area (Å²) in [5.74, 6) is 1.78. The minimum atomic E-state index is 0.243. The molecule has 0 N–H and O–H groups in total. The van der Waals surface area contributed by atoms with Crippen molar-refractivity contribution >= 4 is 10.8 Å². The minimum absolute atomic E-state index is 0.243. The number of ether oxygens (including phenoxy) is 1. The van der Waals surface area contributed by atoms with Gasteiger partial charge in [0.05, 0.1) is 0 Å². The van der Waals surface area contributed by atoms with E-state index in [1.807, 2.05) is 61.5 Å². The first-order chi connectivity index (χ1) is 11.8. The van der Waals surface area contributed by atoms with Crippen LogP contribution in [0.25, 0.3) is 22.2 Å². The quantitative estimate of drug-likeness (QED) is 0.544. The van der Waals surface area contributed by atoms with Gasteiger partial charge < -0.3 is 9.15 Å². The summed E-state index contributed by atoms with van der Waals surface area (Å²) in [6.07, 6.45) is 0. The fraction of sp³-hybridized carbons (Fsp3) is 0.100. The summed E-state index contributed by atoms with van der Waals surface area (Å²) < 4.78 is 11.6. The SMILES string of the molecule is Cc1cccc(-c2nnc(COc3cccc4ccccc34)o2)c1. The first-order valence-electron chi connectivity index (χ1n) is 7.79. The topological polar surface area (TPSA) is 48.2 Å². The molecular formula is C20H16N2O2. The first kappa shape index (κ1) is 14.5. The zero-order chi connectivity index (χ0) is 16.4. The van der Waals surface area contributed by atoms with Gasteiger partial charge in [0.1, 0.15) is 5.75 Å². The highest BCUT2D eigenvalue weighted by Crippen LogP contribution is 2.26. The highest BCUT2D eigenvalue weighted by Gasteiger charge is 2.10. The summed E-state index contributed by atoms with van der Waals surface area (Å²) in [5.41, 5.74) is 2.07. The Morgan fingerprint density at radius 2 is 1.75 bits per heavy atom. The van der Waals surface area contributed by atoms with Crippen LogP contribution in [0.15, 0.2) is 71.1 Å². The van der Waals surface area contributed by atoms with E-state index in [1.165, 1.54) is 0 Å². The lowest BCUT2D eigenvalue weighted by Crippen LogP contribution is -1.96. The summed E-state index contributed by atoms with van der Waals surface area (Å²) in [6, 6.07) is 22.1. The number of benzene rings is 3. The predicted molar refractivity (Wildman–Crippen MR) is 92.8 cm³/mol. The predicted octanol–water partition coefficient (Wildman–Crippen LogP) is 4.78. The number of fused-ring (bicyclic) bond motifs is 1. The zero-order valence-electron chi connectivity index (χ0n) is 13.3. The Kier molecular flexibility index (Phi) is 3.71. The van der Waals surface area contributed by atoms with Gasteiger partial charge in [0.2, 0.25) is 5.89 Å². The molecular weight excluding hydrogens is 300 g/mol. The molecule has 3 aromatic carbocycles. The van der Waals surface area contributed by atoms with Gasteiger partial charge in [-0.15, -0.1) is 10.2 Å². The van der Waals surface area contributed by atoms with E-state index < -0.39 is 0 Å². The largest absolute Gasteiger partial charge is 0.483 e. The molecule has 0 spiro atoms. The molecule has 0 fully saturated rings. The van der Waals surface area contributed by atoms with Crippen molar-refractivity contribution in [2.24, 2.45) is 0 Å². The molecule has 4 aromatic rings. The van der Waals surface area contributed by atoms with Gasteiger partial charge in [-0.1, -0.05) is 54.1 Å². The van der Waals surface area contributed by atoms with Crippen LogP contribution in [0.4, 0.5) is 0 Å². The molecule has 0 saturated carbocycles. The molecule has 24 heavy (non-hydrogen) atoms. The molecule has 4 heteroatoms. The summed E-state index contributed by atoms with van der Waals surface area (Å²) in [6.45, 7) is 2.28. The molecule has 0 amide bonds. The highest BCUT2D eigenvalue weighted by atomic mass is 16.5. The fourth-order valence-corrected chi connectivity index (χ4v) is 2.67. The van der Waals surface area contributed by atoms with Crippen LogP contribution in [-0.4, -0.2) is 10.2 Å². The van der Waals surface area contributed by atoms with E-state index >= 15 is 0 Å². The molecule has 118 valence electrons. The van der Waals surface area contributed by atoms with Crippen molar-refractivity contribution in [1.82, 2.24) is 10.2 Å². The van der Waals surface area contributed by atoms with Crippen molar-refractivity contribution in [3.63, 3.8) is 0 Å². The summed E-state index contributed by atoms with van der Waals surface area (Å²) >= 11 is 0. The Bertz CT molecular complexity index is 986. The van der Waals surface area contributed by atoms with Crippen LogP contribution in [0.2, 0.25) is 0 Å². The van der Waals surface area contributed by atoms with E-state index in [0.29, 0.717) is 11.8 Å². The third-order valence-electron chi connectivity index (χ3n) is 3.83. The van der Waals surface area contributed by atoms with E-state index in [0.717, 1.165) is 27.6 Å². The number of rotatable bonds is 4. The average Bonchev–Trinajstić information content (AvgIpc) is 3.09. The summed E-state index contributed by atoms with van der Waals surface area (Å²) in [5, 5.41) is 10.4. The molecule has 4 nitrogen and oxygen atoms in total.